The summed E-state index contributed by atoms with van der Waals surface area (Å²) in [6.07, 6.45) is 0. The van der Waals surface area contributed by atoms with Gasteiger partial charge in [-0.25, -0.2) is 18.2 Å². The number of ether oxygens (including phenoxy) is 1. The second-order valence-corrected chi connectivity index (χ2v) is 7.19. The predicted molar refractivity (Wildman–Crippen MR) is 69.7 cm³/mol. The van der Waals surface area contributed by atoms with Crippen LogP contribution in [0.1, 0.15) is 17.4 Å². The van der Waals surface area contributed by atoms with Crippen LogP contribution < -0.4 is 5.32 Å². The molecule has 1 aromatic rings. The zero-order valence-electron chi connectivity index (χ0n) is 10.6. The lowest BCUT2D eigenvalue weighted by Gasteiger charge is -2.30. The molecule has 0 aliphatic carbocycles. The lowest BCUT2D eigenvalue weighted by molar-refractivity contribution is 0.0590. The minimum Gasteiger partial charge on any atom is -0.464 e. The zero-order valence-corrected chi connectivity index (χ0v) is 12.3. The Kier molecular flexibility index (Phi) is 4.19. The Morgan fingerprint density at radius 2 is 2.37 bits per heavy atom. The van der Waals surface area contributed by atoms with Crippen molar-refractivity contribution >= 4 is 27.3 Å². The molecule has 1 aliphatic rings. The van der Waals surface area contributed by atoms with Gasteiger partial charge in [0.2, 0.25) is 0 Å². The largest absolute Gasteiger partial charge is 0.464 e. The number of sulfonamides is 1. The molecule has 0 amide bonds. The fourth-order valence-corrected chi connectivity index (χ4v) is 4.68. The van der Waals surface area contributed by atoms with Gasteiger partial charge in [0.15, 0.2) is 9.90 Å². The Morgan fingerprint density at radius 3 is 3.00 bits per heavy atom. The van der Waals surface area contributed by atoms with E-state index >= 15 is 0 Å². The number of methoxy groups -OCH3 is 1. The molecule has 0 unspecified atom stereocenters. The lowest BCUT2D eigenvalue weighted by Crippen LogP contribution is -2.51. The minimum atomic E-state index is -3.69. The SMILES string of the molecule is COC(=O)c1ncsc1S(=O)(=O)N1CCN[C@H](C)C1. The third-order valence-electron chi connectivity index (χ3n) is 2.82. The first-order valence-corrected chi connectivity index (χ1v) is 8.04. The molecule has 1 atom stereocenters. The van der Waals surface area contributed by atoms with Gasteiger partial charge < -0.3 is 10.1 Å². The van der Waals surface area contributed by atoms with Gasteiger partial charge in [0.25, 0.3) is 10.0 Å². The molecular weight excluding hydrogens is 290 g/mol. The summed E-state index contributed by atoms with van der Waals surface area (Å²) in [5.41, 5.74) is 1.20. The van der Waals surface area contributed by atoms with Crippen LogP contribution in [0, 0.1) is 0 Å². The van der Waals surface area contributed by atoms with Crippen LogP contribution in [0.5, 0.6) is 0 Å². The van der Waals surface area contributed by atoms with Gasteiger partial charge >= 0.3 is 5.97 Å². The van der Waals surface area contributed by atoms with E-state index in [1.54, 1.807) is 0 Å². The number of piperazine rings is 1. The van der Waals surface area contributed by atoms with Crippen LogP contribution in [0.2, 0.25) is 0 Å². The molecule has 1 aliphatic heterocycles. The standard InChI is InChI=1S/C10H15N3O4S2/c1-7-5-13(4-3-11-7)19(15,16)10-8(9(14)17-2)12-6-18-10/h6-7,11H,3-5H2,1-2H3/t7-/m1/s1. The summed E-state index contributed by atoms with van der Waals surface area (Å²) in [5.74, 6) is -0.733. The summed E-state index contributed by atoms with van der Waals surface area (Å²) >= 11 is 0.933. The number of aromatic nitrogens is 1. The topological polar surface area (TPSA) is 88.6 Å². The summed E-state index contributed by atoms with van der Waals surface area (Å²) in [5, 5.41) is 3.17. The van der Waals surface area contributed by atoms with Crippen LogP contribution in [-0.4, -0.2) is 56.5 Å². The normalized spacial score (nSPS) is 21.3. The highest BCUT2D eigenvalue weighted by molar-refractivity contribution is 7.91. The number of hydrogen-bond acceptors (Lipinski definition) is 7. The maximum atomic E-state index is 12.5. The first-order valence-electron chi connectivity index (χ1n) is 5.72. The third kappa shape index (κ3) is 2.78. The van der Waals surface area contributed by atoms with Gasteiger partial charge in [-0.3, -0.25) is 0 Å². The van der Waals surface area contributed by atoms with E-state index in [9.17, 15) is 13.2 Å². The Morgan fingerprint density at radius 1 is 1.63 bits per heavy atom. The first-order chi connectivity index (χ1) is 8.96. The first kappa shape index (κ1) is 14.4. The van der Waals surface area contributed by atoms with Crippen molar-refractivity contribution in [1.29, 1.82) is 0 Å². The minimum absolute atomic E-state index is 0.0477. The fraction of sp³-hybridized carbons (Fsp3) is 0.600. The van der Waals surface area contributed by atoms with Crippen LogP contribution in [0.25, 0.3) is 0 Å². The quantitative estimate of drug-likeness (QED) is 0.785. The molecule has 0 spiro atoms. The number of thiazole rings is 1. The van der Waals surface area contributed by atoms with Crippen molar-refractivity contribution in [3.05, 3.63) is 11.2 Å². The van der Waals surface area contributed by atoms with Crippen LogP contribution in [0.15, 0.2) is 9.72 Å². The molecule has 1 fully saturated rings. The van der Waals surface area contributed by atoms with Crippen molar-refractivity contribution in [2.75, 3.05) is 26.7 Å². The second-order valence-electron chi connectivity index (χ2n) is 4.20. The molecule has 2 heterocycles. The number of rotatable bonds is 3. The molecular formula is C10H15N3O4S2. The highest BCUT2D eigenvalue weighted by atomic mass is 32.2. The van der Waals surface area contributed by atoms with Gasteiger partial charge in [0.05, 0.1) is 12.6 Å². The molecule has 7 nitrogen and oxygen atoms in total. The van der Waals surface area contributed by atoms with E-state index in [4.69, 9.17) is 0 Å². The van der Waals surface area contributed by atoms with Crippen molar-refractivity contribution in [1.82, 2.24) is 14.6 Å². The van der Waals surface area contributed by atoms with E-state index in [0.29, 0.717) is 19.6 Å². The lowest BCUT2D eigenvalue weighted by atomic mass is 10.3. The van der Waals surface area contributed by atoms with Crippen molar-refractivity contribution in [2.24, 2.45) is 0 Å². The highest BCUT2D eigenvalue weighted by Crippen LogP contribution is 2.25. The Bertz CT molecular complexity index is 569. The van der Waals surface area contributed by atoms with E-state index in [1.807, 2.05) is 6.92 Å². The molecule has 1 saturated heterocycles. The fourth-order valence-electron chi connectivity index (χ4n) is 1.88. The maximum absolute atomic E-state index is 12.5. The van der Waals surface area contributed by atoms with E-state index in [2.05, 4.69) is 15.0 Å². The van der Waals surface area contributed by atoms with Gasteiger partial charge in [0, 0.05) is 25.7 Å². The summed E-state index contributed by atoms with van der Waals surface area (Å²) in [6.45, 7) is 3.26. The molecule has 1 aromatic heterocycles. The molecule has 0 radical (unpaired) electrons. The predicted octanol–water partition coefficient (Wildman–Crippen LogP) is -0.0879. The third-order valence-corrected chi connectivity index (χ3v) is 6.03. The highest BCUT2D eigenvalue weighted by Gasteiger charge is 2.34. The Hall–Kier alpha value is -1.03. The molecule has 0 saturated carbocycles. The smallest absolute Gasteiger partial charge is 0.358 e. The number of nitrogens with one attached hydrogen (secondary N) is 1. The number of carbonyl (C=O) groups excluding carboxylic acids is 1. The van der Waals surface area contributed by atoms with Crippen LogP contribution in [-0.2, 0) is 14.8 Å². The summed E-state index contributed by atoms with van der Waals surface area (Å²) in [7, 11) is -2.49. The van der Waals surface area contributed by atoms with Crippen LogP contribution >= 0.6 is 11.3 Å². The molecule has 0 aromatic carbocycles. The zero-order chi connectivity index (χ0) is 14.0. The van der Waals surface area contributed by atoms with Gasteiger partial charge in [0.1, 0.15) is 0 Å². The van der Waals surface area contributed by atoms with Crippen LogP contribution in [0.3, 0.4) is 0 Å². The maximum Gasteiger partial charge on any atom is 0.358 e. The summed E-state index contributed by atoms with van der Waals surface area (Å²) < 4.78 is 30.9. The van der Waals surface area contributed by atoms with Gasteiger partial charge in [-0.15, -0.1) is 11.3 Å². The number of hydrogen-bond donors (Lipinski definition) is 1. The Labute approximate surface area is 115 Å². The molecule has 9 heteroatoms. The van der Waals surface area contributed by atoms with Crippen molar-refractivity contribution in [3.63, 3.8) is 0 Å². The summed E-state index contributed by atoms with van der Waals surface area (Å²) in [6, 6.07) is 0.0815. The molecule has 19 heavy (non-hydrogen) atoms. The average molecular weight is 305 g/mol. The number of carbonyl (C=O) groups is 1. The van der Waals surface area contributed by atoms with Gasteiger partial charge in [-0.1, -0.05) is 0 Å². The van der Waals surface area contributed by atoms with E-state index in [1.165, 1.54) is 16.9 Å². The second kappa shape index (κ2) is 5.53. The van der Waals surface area contributed by atoms with Gasteiger partial charge in [-0.2, -0.15) is 4.31 Å². The van der Waals surface area contributed by atoms with E-state index < -0.39 is 16.0 Å². The number of nitrogens with zero attached hydrogens (tertiary/aromatic N) is 2. The summed E-state index contributed by atoms with van der Waals surface area (Å²) in [4.78, 5) is 15.3. The number of esters is 1. The van der Waals surface area contributed by atoms with E-state index in [-0.39, 0.29) is 15.9 Å². The molecule has 2 rings (SSSR count). The van der Waals surface area contributed by atoms with Crippen molar-refractivity contribution < 1.29 is 17.9 Å². The molecule has 1 N–H and O–H groups in total. The van der Waals surface area contributed by atoms with E-state index in [0.717, 1.165) is 11.3 Å². The van der Waals surface area contributed by atoms with Crippen molar-refractivity contribution in [3.8, 4) is 0 Å². The monoisotopic (exact) mass is 305 g/mol. The van der Waals surface area contributed by atoms with Crippen molar-refractivity contribution in [2.45, 2.75) is 17.2 Å². The molecule has 106 valence electrons. The van der Waals surface area contributed by atoms with Gasteiger partial charge in [-0.05, 0) is 6.92 Å². The van der Waals surface area contributed by atoms with Crippen LogP contribution in [0.4, 0.5) is 0 Å². The Balaban J connectivity index is 2.34. The molecule has 0 bridgehead atoms. The average Bonchev–Trinajstić information content (AvgIpc) is 2.87.